The van der Waals surface area contributed by atoms with E-state index in [0.29, 0.717) is 0 Å². The van der Waals surface area contributed by atoms with Crippen LogP contribution >= 0.6 is 0 Å². The molecule has 0 radical (unpaired) electrons. The molecular weight excluding hydrogens is 238 g/mol. The summed E-state index contributed by atoms with van der Waals surface area (Å²) in [4.78, 5) is 0. The molecule has 0 aromatic heterocycles. The second-order valence-electron chi connectivity index (χ2n) is 3.64. The molecule has 0 aliphatic carbocycles. The highest BCUT2D eigenvalue weighted by Crippen LogP contribution is 2.46. The van der Waals surface area contributed by atoms with Crippen LogP contribution in [0.3, 0.4) is 0 Å². The third kappa shape index (κ3) is 1.74. The summed E-state index contributed by atoms with van der Waals surface area (Å²) in [5.74, 6) is -1.42. The molecule has 0 saturated heterocycles. The summed E-state index contributed by atoms with van der Waals surface area (Å²) < 4.78 is 0. The summed E-state index contributed by atoms with van der Waals surface area (Å²) in [6, 6.07) is 6.52. The molecule has 2 aromatic rings. The van der Waals surface area contributed by atoms with Gasteiger partial charge in [-0.3, -0.25) is 10.7 Å². The lowest BCUT2D eigenvalue weighted by Gasteiger charge is -2.13. The van der Waals surface area contributed by atoms with E-state index in [1.165, 1.54) is 30.3 Å². The number of anilines is 1. The van der Waals surface area contributed by atoms with Crippen LogP contribution < -0.4 is 5.48 Å². The van der Waals surface area contributed by atoms with E-state index in [4.69, 9.17) is 5.21 Å². The van der Waals surface area contributed by atoms with E-state index in [9.17, 15) is 20.4 Å². The Labute approximate surface area is 102 Å². The highest BCUT2D eigenvalue weighted by atomic mass is 16.5. The first kappa shape index (κ1) is 11.9. The van der Waals surface area contributed by atoms with Crippen molar-refractivity contribution in [3.05, 3.63) is 30.3 Å². The van der Waals surface area contributed by atoms with Crippen molar-refractivity contribution < 1.29 is 25.6 Å². The summed E-state index contributed by atoms with van der Waals surface area (Å²) in [7, 11) is 0. The van der Waals surface area contributed by atoms with E-state index in [2.05, 4.69) is 0 Å². The first-order chi connectivity index (χ1) is 8.56. The summed E-state index contributed by atoms with van der Waals surface area (Å²) in [5.41, 5.74) is 1.62. The lowest BCUT2D eigenvalue weighted by atomic mass is 10.0. The fourth-order valence-electron chi connectivity index (χ4n) is 1.70. The molecule has 0 amide bonds. The van der Waals surface area contributed by atoms with Gasteiger partial charge in [0.25, 0.3) is 0 Å². The Kier molecular flexibility index (Phi) is 2.86. The second-order valence-corrected chi connectivity index (χ2v) is 3.64. The first-order valence-electron chi connectivity index (χ1n) is 5.02. The molecular formula is C12H11NO5. The minimum atomic E-state index is -0.463. The van der Waals surface area contributed by atoms with Crippen molar-refractivity contribution >= 4 is 5.69 Å². The molecule has 0 unspecified atom stereocenters. The fourth-order valence-corrected chi connectivity index (χ4v) is 1.70. The second kappa shape index (κ2) is 4.34. The monoisotopic (exact) mass is 249 g/mol. The van der Waals surface area contributed by atoms with Gasteiger partial charge in [0.2, 0.25) is 0 Å². The van der Waals surface area contributed by atoms with Crippen LogP contribution in [-0.4, -0.2) is 25.6 Å². The number of hydrogen-bond donors (Lipinski definition) is 6. The van der Waals surface area contributed by atoms with Crippen LogP contribution in [0.4, 0.5) is 5.69 Å². The van der Waals surface area contributed by atoms with Gasteiger partial charge in [0.15, 0.2) is 11.5 Å². The van der Waals surface area contributed by atoms with Gasteiger partial charge < -0.3 is 20.4 Å². The third-order valence-corrected chi connectivity index (χ3v) is 2.56. The number of rotatable bonds is 2. The maximum absolute atomic E-state index is 9.76. The summed E-state index contributed by atoms with van der Waals surface area (Å²) in [6.07, 6.45) is 0. The van der Waals surface area contributed by atoms with Crippen molar-refractivity contribution in [3.63, 3.8) is 0 Å². The minimum absolute atomic E-state index is 0.0223. The van der Waals surface area contributed by atoms with Gasteiger partial charge in [0.1, 0.15) is 17.2 Å². The maximum atomic E-state index is 9.76. The quantitative estimate of drug-likeness (QED) is 0.275. The van der Waals surface area contributed by atoms with Gasteiger partial charge in [-0.1, -0.05) is 12.1 Å². The van der Waals surface area contributed by atoms with Gasteiger partial charge in [0.05, 0.1) is 5.56 Å². The summed E-state index contributed by atoms with van der Waals surface area (Å²) in [5, 5.41) is 47.4. The SMILES string of the molecule is ONc1c(O)ccc(O)c1-c1cccc(O)c1O. The Morgan fingerprint density at radius 1 is 0.778 bits per heavy atom. The van der Waals surface area contributed by atoms with Crippen LogP contribution in [0.1, 0.15) is 0 Å². The molecule has 94 valence electrons. The van der Waals surface area contributed by atoms with Gasteiger partial charge >= 0.3 is 0 Å². The molecule has 0 bridgehead atoms. The van der Waals surface area contributed by atoms with E-state index in [0.717, 1.165) is 0 Å². The van der Waals surface area contributed by atoms with E-state index in [1.807, 2.05) is 0 Å². The highest BCUT2D eigenvalue weighted by molar-refractivity contribution is 5.89. The standard InChI is InChI=1S/C12H11NO5/c14-7-4-5-8(15)11(13-18)10(7)6-2-1-3-9(16)12(6)17/h1-5,13-18H. The van der Waals surface area contributed by atoms with Crippen LogP contribution in [-0.2, 0) is 0 Å². The van der Waals surface area contributed by atoms with Crippen molar-refractivity contribution in [3.8, 4) is 34.1 Å². The van der Waals surface area contributed by atoms with Gasteiger partial charge in [-0.15, -0.1) is 0 Å². The van der Waals surface area contributed by atoms with Crippen LogP contribution in [0.5, 0.6) is 23.0 Å². The molecule has 0 fully saturated rings. The number of para-hydroxylation sites is 1. The normalized spacial score (nSPS) is 10.3. The maximum Gasteiger partial charge on any atom is 0.165 e. The molecule has 2 rings (SSSR count). The van der Waals surface area contributed by atoms with Crippen LogP contribution in [0, 0.1) is 0 Å². The molecule has 0 aliphatic heterocycles. The van der Waals surface area contributed by atoms with E-state index >= 15 is 0 Å². The molecule has 6 heteroatoms. The molecule has 0 atom stereocenters. The lowest BCUT2D eigenvalue weighted by Crippen LogP contribution is -1.94. The summed E-state index contributed by atoms with van der Waals surface area (Å²) >= 11 is 0. The van der Waals surface area contributed by atoms with Crippen molar-refractivity contribution in [1.82, 2.24) is 0 Å². The largest absolute Gasteiger partial charge is 0.507 e. The van der Waals surface area contributed by atoms with Crippen molar-refractivity contribution in [2.75, 3.05) is 5.48 Å². The Morgan fingerprint density at radius 2 is 1.44 bits per heavy atom. The van der Waals surface area contributed by atoms with Gasteiger partial charge in [-0.05, 0) is 18.2 Å². The molecule has 6 N–H and O–H groups in total. The number of nitrogens with one attached hydrogen (secondary N) is 1. The van der Waals surface area contributed by atoms with E-state index < -0.39 is 5.75 Å². The third-order valence-electron chi connectivity index (χ3n) is 2.56. The molecule has 2 aromatic carbocycles. The van der Waals surface area contributed by atoms with Crippen molar-refractivity contribution in [2.45, 2.75) is 0 Å². The van der Waals surface area contributed by atoms with E-state index in [-0.39, 0.29) is 34.1 Å². The van der Waals surface area contributed by atoms with Crippen LogP contribution in [0.15, 0.2) is 30.3 Å². The zero-order chi connectivity index (χ0) is 13.3. The Bertz CT molecular complexity index is 597. The zero-order valence-electron chi connectivity index (χ0n) is 9.12. The Balaban J connectivity index is 2.78. The van der Waals surface area contributed by atoms with Crippen LogP contribution in [0.2, 0.25) is 0 Å². The zero-order valence-corrected chi connectivity index (χ0v) is 9.12. The molecule has 18 heavy (non-hydrogen) atoms. The van der Waals surface area contributed by atoms with E-state index in [1.54, 1.807) is 5.48 Å². The minimum Gasteiger partial charge on any atom is -0.507 e. The van der Waals surface area contributed by atoms with Gasteiger partial charge in [-0.2, -0.15) is 0 Å². The Hall–Kier alpha value is -2.60. The predicted molar refractivity (Wildman–Crippen MR) is 63.9 cm³/mol. The average Bonchev–Trinajstić information content (AvgIpc) is 2.36. The van der Waals surface area contributed by atoms with Crippen LogP contribution in [0.25, 0.3) is 11.1 Å². The summed E-state index contributed by atoms with van der Waals surface area (Å²) in [6.45, 7) is 0. The lowest BCUT2D eigenvalue weighted by molar-refractivity contribution is 0.379. The van der Waals surface area contributed by atoms with Gasteiger partial charge in [-0.25, -0.2) is 0 Å². The number of aromatic hydroxyl groups is 4. The molecule has 0 spiro atoms. The number of benzene rings is 2. The highest BCUT2D eigenvalue weighted by Gasteiger charge is 2.18. The molecule has 0 aliphatic rings. The number of phenols is 4. The predicted octanol–water partition coefficient (Wildman–Crippen LogP) is 1.98. The van der Waals surface area contributed by atoms with Gasteiger partial charge in [0, 0.05) is 5.56 Å². The molecule has 6 nitrogen and oxygen atoms in total. The molecule has 0 saturated carbocycles. The van der Waals surface area contributed by atoms with Crippen molar-refractivity contribution in [1.29, 1.82) is 0 Å². The Morgan fingerprint density at radius 3 is 2.11 bits per heavy atom. The topological polar surface area (TPSA) is 113 Å². The average molecular weight is 249 g/mol. The smallest absolute Gasteiger partial charge is 0.165 e. The number of phenolic OH excluding ortho intramolecular Hbond substituents is 4. The van der Waals surface area contributed by atoms with Crippen molar-refractivity contribution in [2.24, 2.45) is 0 Å². The molecule has 0 heterocycles. The number of hydrogen-bond acceptors (Lipinski definition) is 6. The fraction of sp³-hybridized carbons (Fsp3) is 0. The first-order valence-corrected chi connectivity index (χ1v) is 5.02.